The van der Waals surface area contributed by atoms with Crippen molar-refractivity contribution in [3.05, 3.63) is 20.8 Å². The smallest absolute Gasteiger partial charge is 0.0701 e. The van der Waals surface area contributed by atoms with E-state index in [2.05, 4.69) is 40.0 Å². The fraction of sp³-hybridized carbons (Fsp3) is 0.600. The summed E-state index contributed by atoms with van der Waals surface area (Å²) in [6.45, 7) is 3.91. The van der Waals surface area contributed by atoms with Gasteiger partial charge in [-0.3, -0.25) is 4.90 Å². The summed E-state index contributed by atoms with van der Waals surface area (Å²) < 4.78 is 6.51. The van der Waals surface area contributed by atoms with Gasteiger partial charge in [-0.05, 0) is 35.1 Å². The number of hydrogen-bond acceptors (Lipinski definition) is 4. The monoisotopic (exact) mass is 292 g/mol. The van der Waals surface area contributed by atoms with Gasteiger partial charge in [-0.25, -0.2) is 0 Å². The molecule has 2 N–H and O–H groups in total. The molecule has 86 valence electrons. The molecule has 0 saturated heterocycles. The summed E-state index contributed by atoms with van der Waals surface area (Å²) >= 11 is 5.23. The summed E-state index contributed by atoms with van der Waals surface area (Å²) in [5.41, 5.74) is 5.33. The minimum Gasteiger partial charge on any atom is -0.379 e. The lowest BCUT2D eigenvalue weighted by Gasteiger charge is -2.15. The maximum atomic E-state index is 5.33. The Morgan fingerprint density at radius 2 is 2.27 bits per heavy atom. The molecule has 15 heavy (non-hydrogen) atoms. The lowest BCUT2D eigenvalue weighted by atomic mass is 10.4. The predicted octanol–water partition coefficient (Wildman–Crippen LogP) is 1.92. The molecule has 0 aliphatic carbocycles. The first kappa shape index (κ1) is 13.1. The van der Waals surface area contributed by atoms with Crippen molar-refractivity contribution in [3.63, 3.8) is 0 Å². The van der Waals surface area contributed by atoms with Crippen LogP contribution in [0.4, 0.5) is 0 Å². The number of ether oxygens (including phenoxy) is 1. The number of halogens is 1. The van der Waals surface area contributed by atoms with Crippen molar-refractivity contribution in [2.75, 3.05) is 33.4 Å². The number of nitrogens with two attached hydrogens (primary N) is 1. The van der Waals surface area contributed by atoms with Crippen LogP contribution in [0.2, 0.25) is 0 Å². The summed E-state index contributed by atoms with van der Waals surface area (Å²) in [5, 5.41) is 0. The minimum absolute atomic E-state index is 0.599. The Bertz CT molecular complexity index is 280. The molecule has 0 fully saturated rings. The molecule has 0 aliphatic rings. The van der Waals surface area contributed by atoms with Crippen LogP contribution in [0.1, 0.15) is 4.88 Å². The fourth-order valence-electron chi connectivity index (χ4n) is 1.19. The van der Waals surface area contributed by atoms with Crippen molar-refractivity contribution in [1.29, 1.82) is 0 Å². The van der Waals surface area contributed by atoms with Gasteiger partial charge in [0.25, 0.3) is 0 Å². The first-order valence-corrected chi connectivity index (χ1v) is 6.54. The summed E-state index contributed by atoms with van der Waals surface area (Å²) in [4.78, 5) is 3.61. The molecule has 0 atom stereocenters. The van der Waals surface area contributed by atoms with E-state index in [-0.39, 0.29) is 0 Å². The molecule has 0 spiro atoms. The second-order valence-electron chi connectivity index (χ2n) is 3.34. The zero-order valence-corrected chi connectivity index (χ0v) is 11.3. The Hall–Kier alpha value is 0.0600. The van der Waals surface area contributed by atoms with E-state index in [1.807, 2.05) is 0 Å². The van der Waals surface area contributed by atoms with Gasteiger partial charge in [-0.2, -0.15) is 0 Å². The molecule has 1 aromatic heterocycles. The van der Waals surface area contributed by atoms with Gasteiger partial charge in [-0.1, -0.05) is 0 Å². The van der Waals surface area contributed by atoms with Crippen molar-refractivity contribution >= 4 is 27.3 Å². The first-order valence-electron chi connectivity index (χ1n) is 4.93. The van der Waals surface area contributed by atoms with Crippen molar-refractivity contribution in [2.24, 2.45) is 5.73 Å². The number of thiophene rings is 1. The van der Waals surface area contributed by atoms with E-state index in [0.717, 1.165) is 19.7 Å². The number of hydrogen-bond donors (Lipinski definition) is 1. The van der Waals surface area contributed by atoms with Crippen LogP contribution in [-0.2, 0) is 11.3 Å². The third kappa shape index (κ3) is 5.63. The molecule has 0 amide bonds. The van der Waals surface area contributed by atoms with E-state index in [9.17, 15) is 0 Å². The standard InChI is InChI=1S/C10H17BrN2OS/c1-13(5-7-14-6-4-12)8-9-2-3-10(11)15-9/h2-3H,4-8,12H2,1H3. The number of nitrogens with zero attached hydrogens (tertiary/aromatic N) is 1. The van der Waals surface area contributed by atoms with Crippen LogP contribution in [0.25, 0.3) is 0 Å². The zero-order valence-electron chi connectivity index (χ0n) is 8.91. The molecule has 0 bridgehead atoms. The molecule has 0 radical (unpaired) electrons. The molecule has 1 heterocycles. The number of likely N-dealkylation sites (N-methyl/N-ethyl adjacent to an activating group) is 1. The molecule has 0 unspecified atom stereocenters. The Labute approximate surface area is 103 Å². The summed E-state index contributed by atoms with van der Waals surface area (Å²) in [7, 11) is 2.10. The zero-order chi connectivity index (χ0) is 11.1. The SMILES string of the molecule is CN(CCOCCN)Cc1ccc(Br)s1. The fourth-order valence-corrected chi connectivity index (χ4v) is 2.75. The Morgan fingerprint density at radius 1 is 1.47 bits per heavy atom. The highest BCUT2D eigenvalue weighted by Gasteiger charge is 2.02. The Morgan fingerprint density at radius 3 is 2.87 bits per heavy atom. The maximum Gasteiger partial charge on any atom is 0.0701 e. The van der Waals surface area contributed by atoms with Gasteiger partial charge in [0.15, 0.2) is 0 Å². The maximum absolute atomic E-state index is 5.33. The average Bonchev–Trinajstić information content (AvgIpc) is 2.59. The molecular weight excluding hydrogens is 276 g/mol. The van der Waals surface area contributed by atoms with Gasteiger partial charge in [0.05, 0.1) is 17.0 Å². The molecule has 3 nitrogen and oxygen atoms in total. The highest BCUT2D eigenvalue weighted by Crippen LogP contribution is 2.22. The first-order chi connectivity index (χ1) is 7.22. The van der Waals surface area contributed by atoms with Gasteiger partial charge in [0.1, 0.15) is 0 Å². The van der Waals surface area contributed by atoms with Gasteiger partial charge in [-0.15, -0.1) is 11.3 Å². The summed E-state index contributed by atoms with van der Waals surface area (Å²) in [6, 6.07) is 4.23. The largest absolute Gasteiger partial charge is 0.379 e. The van der Waals surface area contributed by atoms with Gasteiger partial charge in [0, 0.05) is 24.5 Å². The minimum atomic E-state index is 0.599. The molecule has 1 rings (SSSR count). The van der Waals surface area contributed by atoms with Crippen molar-refractivity contribution in [3.8, 4) is 0 Å². The van der Waals surface area contributed by atoms with Gasteiger partial charge in [0.2, 0.25) is 0 Å². The van der Waals surface area contributed by atoms with Crippen LogP contribution in [0.3, 0.4) is 0 Å². The van der Waals surface area contributed by atoms with Crippen LogP contribution < -0.4 is 5.73 Å². The topological polar surface area (TPSA) is 38.5 Å². The van der Waals surface area contributed by atoms with Crippen molar-refractivity contribution in [2.45, 2.75) is 6.54 Å². The summed E-state index contributed by atoms with van der Waals surface area (Å²) in [5.74, 6) is 0. The highest BCUT2D eigenvalue weighted by molar-refractivity contribution is 9.11. The van der Waals surface area contributed by atoms with E-state index >= 15 is 0 Å². The molecule has 5 heteroatoms. The third-order valence-corrected chi connectivity index (χ3v) is 3.54. The van der Waals surface area contributed by atoms with E-state index in [1.54, 1.807) is 11.3 Å². The summed E-state index contributed by atoms with van der Waals surface area (Å²) in [6.07, 6.45) is 0. The highest BCUT2D eigenvalue weighted by atomic mass is 79.9. The third-order valence-electron chi connectivity index (χ3n) is 1.93. The number of rotatable bonds is 7. The van der Waals surface area contributed by atoms with E-state index in [4.69, 9.17) is 10.5 Å². The van der Waals surface area contributed by atoms with Crippen molar-refractivity contribution in [1.82, 2.24) is 4.90 Å². The van der Waals surface area contributed by atoms with Crippen LogP contribution in [0.15, 0.2) is 15.9 Å². The van der Waals surface area contributed by atoms with Crippen LogP contribution in [0, 0.1) is 0 Å². The second kappa shape index (κ2) is 7.35. The lowest BCUT2D eigenvalue weighted by molar-refractivity contribution is 0.116. The van der Waals surface area contributed by atoms with Crippen LogP contribution in [-0.4, -0.2) is 38.3 Å². The Kier molecular flexibility index (Phi) is 6.43. The Balaban J connectivity index is 2.15. The molecule has 0 aliphatic heterocycles. The predicted molar refractivity (Wildman–Crippen MR) is 68.2 cm³/mol. The average molecular weight is 293 g/mol. The van der Waals surface area contributed by atoms with E-state index in [0.29, 0.717) is 13.2 Å². The van der Waals surface area contributed by atoms with Gasteiger partial charge >= 0.3 is 0 Å². The quantitative estimate of drug-likeness (QED) is 0.781. The molecular formula is C10H17BrN2OS. The molecule has 0 saturated carbocycles. The van der Waals surface area contributed by atoms with Crippen LogP contribution in [0.5, 0.6) is 0 Å². The van der Waals surface area contributed by atoms with Crippen molar-refractivity contribution < 1.29 is 4.74 Å². The van der Waals surface area contributed by atoms with E-state index in [1.165, 1.54) is 8.66 Å². The molecule has 1 aromatic rings. The molecule has 0 aromatic carbocycles. The van der Waals surface area contributed by atoms with E-state index < -0.39 is 0 Å². The van der Waals surface area contributed by atoms with Gasteiger partial charge < -0.3 is 10.5 Å². The van der Waals surface area contributed by atoms with Crippen LogP contribution >= 0.6 is 27.3 Å². The lowest BCUT2D eigenvalue weighted by Crippen LogP contribution is -2.23. The second-order valence-corrected chi connectivity index (χ2v) is 5.89. The normalized spacial score (nSPS) is 11.2.